The highest BCUT2D eigenvalue weighted by atomic mass is 79.9. The molecule has 0 unspecified atom stereocenters. The molecule has 0 bridgehead atoms. The van der Waals surface area contributed by atoms with E-state index in [2.05, 4.69) is 15.9 Å². The van der Waals surface area contributed by atoms with E-state index in [-0.39, 0.29) is 16.9 Å². The highest BCUT2D eigenvalue weighted by molar-refractivity contribution is 9.10. The number of hydrogen-bond donors (Lipinski definition) is 1. The van der Waals surface area contributed by atoms with Crippen LogP contribution in [0.4, 0.5) is 4.79 Å². The molecule has 1 aromatic rings. The van der Waals surface area contributed by atoms with E-state index >= 15 is 0 Å². The van der Waals surface area contributed by atoms with E-state index in [1.807, 2.05) is 0 Å². The molecule has 30 heavy (non-hydrogen) atoms. The van der Waals surface area contributed by atoms with Crippen LogP contribution in [0.5, 0.6) is 11.5 Å². The van der Waals surface area contributed by atoms with E-state index in [1.165, 1.54) is 11.3 Å². The topological polar surface area (TPSA) is 93.1 Å². The van der Waals surface area contributed by atoms with Crippen molar-refractivity contribution in [3.8, 4) is 11.5 Å². The first kappa shape index (κ1) is 22.7. The predicted molar refractivity (Wildman–Crippen MR) is 118 cm³/mol. The number of thioether (sulfide) groups is 1. The van der Waals surface area contributed by atoms with Crippen molar-refractivity contribution in [1.82, 2.24) is 4.90 Å². The van der Waals surface area contributed by atoms with Crippen LogP contribution in [0, 0.1) is 5.92 Å². The molecular formula is C21H24BrNO6S. The number of amides is 2. The van der Waals surface area contributed by atoms with E-state index in [9.17, 15) is 14.4 Å². The molecule has 9 heteroatoms. The van der Waals surface area contributed by atoms with Gasteiger partial charge in [0, 0.05) is 6.54 Å². The molecule has 1 saturated carbocycles. The quantitative estimate of drug-likeness (QED) is 0.508. The summed E-state index contributed by atoms with van der Waals surface area (Å²) in [4.78, 5) is 37.8. The molecule has 0 spiro atoms. The van der Waals surface area contributed by atoms with Gasteiger partial charge in [0.15, 0.2) is 18.1 Å². The van der Waals surface area contributed by atoms with Crippen LogP contribution in [0.25, 0.3) is 6.08 Å². The number of imide groups is 1. The Labute approximate surface area is 187 Å². The number of halogens is 1. The maximum atomic E-state index is 12.8. The van der Waals surface area contributed by atoms with Crippen molar-refractivity contribution in [2.24, 2.45) is 5.92 Å². The molecule has 162 valence electrons. The predicted octanol–water partition coefficient (Wildman–Crippen LogP) is 4.93. The maximum absolute atomic E-state index is 12.8. The lowest BCUT2D eigenvalue weighted by molar-refractivity contribution is -0.139. The Hall–Kier alpha value is -2.00. The van der Waals surface area contributed by atoms with Crippen molar-refractivity contribution in [2.75, 3.05) is 19.8 Å². The normalized spacial score (nSPS) is 18.9. The van der Waals surface area contributed by atoms with Gasteiger partial charge in [-0.2, -0.15) is 0 Å². The van der Waals surface area contributed by atoms with Gasteiger partial charge in [-0.05, 0) is 77.1 Å². The third-order valence-electron chi connectivity index (χ3n) is 5.01. The van der Waals surface area contributed by atoms with Crippen LogP contribution in [0.3, 0.4) is 0 Å². The second-order valence-corrected chi connectivity index (χ2v) is 9.09. The van der Waals surface area contributed by atoms with Crippen LogP contribution in [0.15, 0.2) is 21.5 Å². The summed E-state index contributed by atoms with van der Waals surface area (Å²) < 4.78 is 11.4. The first-order chi connectivity index (χ1) is 14.4. The number of nitrogens with zero attached hydrogens (tertiary/aromatic N) is 1. The Morgan fingerprint density at radius 3 is 2.67 bits per heavy atom. The minimum Gasteiger partial charge on any atom is -0.490 e. The van der Waals surface area contributed by atoms with E-state index in [0.717, 1.165) is 37.4 Å². The molecule has 2 aliphatic rings. The standard InChI is InChI=1S/C21H24BrNO6S/c1-2-28-16-9-14(8-15(22)19(16)29-12-18(24)25)10-17-20(26)23(21(27)30-17)11-13-6-4-3-5-7-13/h8-10,13H,2-7,11-12H2,1H3,(H,24,25)/b17-10+. The van der Waals surface area contributed by atoms with Gasteiger partial charge < -0.3 is 14.6 Å². The lowest BCUT2D eigenvalue weighted by Gasteiger charge is -2.25. The summed E-state index contributed by atoms with van der Waals surface area (Å²) in [7, 11) is 0. The van der Waals surface area contributed by atoms with Gasteiger partial charge in [-0.25, -0.2) is 4.79 Å². The van der Waals surface area contributed by atoms with Crippen LogP contribution in [0.1, 0.15) is 44.6 Å². The summed E-state index contributed by atoms with van der Waals surface area (Å²) in [5.74, 6) is -0.338. The largest absolute Gasteiger partial charge is 0.490 e. The van der Waals surface area contributed by atoms with Gasteiger partial charge in [0.2, 0.25) is 0 Å². The molecule has 7 nitrogen and oxygen atoms in total. The zero-order valence-corrected chi connectivity index (χ0v) is 19.1. The highest BCUT2D eigenvalue weighted by Gasteiger charge is 2.36. The molecule has 2 fully saturated rings. The molecule has 3 rings (SSSR count). The van der Waals surface area contributed by atoms with Gasteiger partial charge in [0.05, 0.1) is 16.0 Å². The van der Waals surface area contributed by atoms with Crippen LogP contribution in [0.2, 0.25) is 0 Å². The van der Waals surface area contributed by atoms with Crippen LogP contribution in [-0.4, -0.2) is 46.9 Å². The SMILES string of the molecule is CCOc1cc(/C=C2/SC(=O)N(CC3CCCCC3)C2=O)cc(Br)c1OCC(=O)O. The van der Waals surface area contributed by atoms with Gasteiger partial charge in [-0.1, -0.05) is 19.3 Å². The first-order valence-corrected chi connectivity index (χ1v) is 11.6. The van der Waals surface area contributed by atoms with Crippen LogP contribution < -0.4 is 9.47 Å². The minimum atomic E-state index is -1.10. The monoisotopic (exact) mass is 497 g/mol. The van der Waals surface area contributed by atoms with Gasteiger partial charge >= 0.3 is 5.97 Å². The zero-order chi connectivity index (χ0) is 21.7. The van der Waals surface area contributed by atoms with Gasteiger partial charge in [-0.3, -0.25) is 14.5 Å². The number of carbonyl (C=O) groups is 3. The van der Waals surface area contributed by atoms with E-state index < -0.39 is 12.6 Å². The number of hydrogen-bond acceptors (Lipinski definition) is 6. The summed E-state index contributed by atoms with van der Waals surface area (Å²) >= 11 is 4.32. The molecule has 1 saturated heterocycles. The minimum absolute atomic E-state index is 0.234. The smallest absolute Gasteiger partial charge is 0.341 e. The fraction of sp³-hybridized carbons (Fsp3) is 0.476. The third kappa shape index (κ3) is 5.57. The van der Waals surface area contributed by atoms with Crippen molar-refractivity contribution in [3.63, 3.8) is 0 Å². The fourth-order valence-electron chi connectivity index (χ4n) is 3.64. The van der Waals surface area contributed by atoms with E-state index in [4.69, 9.17) is 14.6 Å². The maximum Gasteiger partial charge on any atom is 0.341 e. The zero-order valence-electron chi connectivity index (χ0n) is 16.7. The summed E-state index contributed by atoms with van der Waals surface area (Å²) in [6.07, 6.45) is 7.30. The molecule has 1 aliphatic heterocycles. The number of rotatable bonds is 8. The second-order valence-electron chi connectivity index (χ2n) is 7.24. The average Bonchev–Trinajstić information content (AvgIpc) is 2.95. The van der Waals surface area contributed by atoms with Crippen molar-refractivity contribution < 1.29 is 29.0 Å². The Kier molecular flexibility index (Phi) is 7.82. The number of carbonyl (C=O) groups excluding carboxylic acids is 2. The molecule has 1 heterocycles. The molecule has 0 atom stereocenters. The van der Waals surface area contributed by atoms with Crippen LogP contribution >= 0.6 is 27.7 Å². The number of aliphatic carboxylic acids is 1. The van der Waals surface area contributed by atoms with Crippen LogP contribution in [-0.2, 0) is 9.59 Å². The van der Waals surface area contributed by atoms with Crippen molar-refractivity contribution in [1.29, 1.82) is 0 Å². The summed E-state index contributed by atoms with van der Waals surface area (Å²) in [5, 5.41) is 8.63. The Morgan fingerprint density at radius 1 is 1.27 bits per heavy atom. The molecule has 2 amide bonds. The number of carboxylic acid groups (broad SMARTS) is 1. The van der Waals surface area contributed by atoms with E-state index in [0.29, 0.717) is 39.8 Å². The van der Waals surface area contributed by atoms with Gasteiger partial charge in [-0.15, -0.1) is 0 Å². The second kappa shape index (κ2) is 10.3. The molecule has 1 aliphatic carbocycles. The molecule has 0 radical (unpaired) electrons. The molecule has 0 aromatic heterocycles. The summed E-state index contributed by atoms with van der Waals surface area (Å²) in [5.41, 5.74) is 0.649. The molecule has 1 N–H and O–H groups in total. The average molecular weight is 498 g/mol. The first-order valence-electron chi connectivity index (χ1n) is 9.95. The summed E-state index contributed by atoms with van der Waals surface area (Å²) in [6, 6.07) is 3.37. The fourth-order valence-corrected chi connectivity index (χ4v) is 5.07. The molecular weight excluding hydrogens is 474 g/mol. The Morgan fingerprint density at radius 2 is 2.00 bits per heavy atom. The highest BCUT2D eigenvalue weighted by Crippen LogP contribution is 2.40. The lowest BCUT2D eigenvalue weighted by atomic mass is 9.89. The summed E-state index contributed by atoms with van der Waals surface area (Å²) in [6.45, 7) is 2.14. The number of benzene rings is 1. The Balaban J connectivity index is 1.80. The lowest BCUT2D eigenvalue weighted by Crippen LogP contribution is -2.34. The third-order valence-corrected chi connectivity index (χ3v) is 6.50. The number of carboxylic acids is 1. The van der Waals surface area contributed by atoms with E-state index in [1.54, 1.807) is 25.1 Å². The Bertz CT molecular complexity index is 865. The van der Waals surface area contributed by atoms with Crippen molar-refractivity contribution in [2.45, 2.75) is 39.0 Å². The van der Waals surface area contributed by atoms with Crippen molar-refractivity contribution >= 4 is 50.9 Å². The molecule has 1 aromatic carbocycles. The number of ether oxygens (including phenoxy) is 2. The van der Waals surface area contributed by atoms with Gasteiger partial charge in [0.25, 0.3) is 11.1 Å². The van der Waals surface area contributed by atoms with Gasteiger partial charge in [0.1, 0.15) is 0 Å². The van der Waals surface area contributed by atoms with Crippen molar-refractivity contribution in [3.05, 3.63) is 27.1 Å².